The fourth-order valence-corrected chi connectivity index (χ4v) is 1.69. The summed E-state index contributed by atoms with van der Waals surface area (Å²) in [5.74, 6) is -0.0388. The van der Waals surface area contributed by atoms with Crippen LogP contribution in [0.3, 0.4) is 0 Å². The highest BCUT2D eigenvalue weighted by Gasteiger charge is 2.10. The second-order valence-corrected chi connectivity index (χ2v) is 3.77. The molecular formula is C12H17NO3. The average molecular weight is 223 g/mol. The number of anilines is 1. The van der Waals surface area contributed by atoms with Crippen molar-refractivity contribution in [3.63, 3.8) is 0 Å². The van der Waals surface area contributed by atoms with E-state index in [9.17, 15) is 4.79 Å². The summed E-state index contributed by atoms with van der Waals surface area (Å²) in [5, 5.41) is 11.6. The molecule has 1 aromatic rings. The van der Waals surface area contributed by atoms with Crippen LogP contribution in [0, 0.1) is 20.8 Å². The lowest BCUT2D eigenvalue weighted by Crippen LogP contribution is -2.14. The maximum absolute atomic E-state index is 10.5. The van der Waals surface area contributed by atoms with Crippen molar-refractivity contribution in [2.24, 2.45) is 0 Å². The minimum atomic E-state index is -0.868. The zero-order chi connectivity index (χ0) is 12.3. The molecule has 0 radical (unpaired) electrons. The number of aliphatic carboxylic acids is 1. The van der Waals surface area contributed by atoms with Crippen LogP contribution in [0.1, 0.15) is 16.7 Å². The quantitative estimate of drug-likeness (QED) is 0.820. The molecule has 0 fully saturated rings. The van der Waals surface area contributed by atoms with Crippen molar-refractivity contribution in [2.45, 2.75) is 20.8 Å². The van der Waals surface area contributed by atoms with E-state index in [1.54, 1.807) is 7.11 Å². The van der Waals surface area contributed by atoms with E-state index in [0.717, 1.165) is 28.1 Å². The minimum absolute atomic E-state index is 0.0759. The Hall–Kier alpha value is -1.71. The highest BCUT2D eigenvalue weighted by molar-refractivity contribution is 5.75. The second-order valence-electron chi connectivity index (χ2n) is 3.77. The van der Waals surface area contributed by atoms with Crippen molar-refractivity contribution >= 4 is 11.7 Å². The number of hydrogen-bond acceptors (Lipinski definition) is 3. The van der Waals surface area contributed by atoms with Crippen LogP contribution >= 0.6 is 0 Å². The molecule has 4 heteroatoms. The number of carboxylic acids is 1. The van der Waals surface area contributed by atoms with Crippen molar-refractivity contribution in [2.75, 3.05) is 19.0 Å². The average Bonchev–Trinajstić information content (AvgIpc) is 2.22. The van der Waals surface area contributed by atoms with Crippen LogP contribution in [-0.4, -0.2) is 24.7 Å². The molecule has 0 unspecified atom stereocenters. The van der Waals surface area contributed by atoms with Crippen LogP contribution in [0.5, 0.6) is 5.75 Å². The first-order chi connectivity index (χ1) is 7.47. The summed E-state index contributed by atoms with van der Waals surface area (Å²) in [6.45, 7) is 5.77. The molecule has 4 nitrogen and oxygen atoms in total. The molecule has 0 heterocycles. The van der Waals surface area contributed by atoms with Gasteiger partial charge >= 0.3 is 5.97 Å². The highest BCUT2D eigenvalue weighted by Crippen LogP contribution is 2.30. The lowest BCUT2D eigenvalue weighted by molar-refractivity contribution is -0.134. The van der Waals surface area contributed by atoms with E-state index < -0.39 is 5.97 Å². The van der Waals surface area contributed by atoms with Gasteiger partial charge in [-0.25, -0.2) is 0 Å². The van der Waals surface area contributed by atoms with E-state index in [1.165, 1.54) is 0 Å². The summed E-state index contributed by atoms with van der Waals surface area (Å²) >= 11 is 0. The Morgan fingerprint density at radius 1 is 1.38 bits per heavy atom. The number of carboxylic acid groups (broad SMARTS) is 1. The first-order valence-corrected chi connectivity index (χ1v) is 5.07. The van der Waals surface area contributed by atoms with Gasteiger partial charge in [-0.1, -0.05) is 0 Å². The fraction of sp³-hybridized carbons (Fsp3) is 0.417. The number of ether oxygens (including phenoxy) is 1. The molecule has 0 aliphatic carbocycles. The maximum Gasteiger partial charge on any atom is 0.322 e. The minimum Gasteiger partial charge on any atom is -0.496 e. The molecule has 0 aliphatic heterocycles. The standard InChI is InChI=1S/C12H17NO3/c1-7-5-10(16-4)8(2)9(3)12(7)13-6-11(14)15/h5,13H,6H2,1-4H3,(H,14,15). The SMILES string of the molecule is COc1cc(C)c(NCC(=O)O)c(C)c1C. The van der Waals surface area contributed by atoms with Crippen molar-refractivity contribution in [3.05, 3.63) is 22.8 Å². The van der Waals surface area contributed by atoms with Gasteiger partial charge in [-0.05, 0) is 43.5 Å². The summed E-state index contributed by atoms with van der Waals surface area (Å²) < 4.78 is 5.24. The zero-order valence-electron chi connectivity index (χ0n) is 10.0. The normalized spacial score (nSPS) is 10.0. The van der Waals surface area contributed by atoms with Gasteiger partial charge in [-0.15, -0.1) is 0 Å². The topological polar surface area (TPSA) is 58.6 Å². The molecule has 0 saturated heterocycles. The molecule has 88 valence electrons. The van der Waals surface area contributed by atoms with Gasteiger partial charge in [0.05, 0.1) is 7.11 Å². The first kappa shape index (κ1) is 12.4. The van der Waals surface area contributed by atoms with Gasteiger partial charge in [-0.3, -0.25) is 4.79 Å². The number of hydrogen-bond donors (Lipinski definition) is 2. The Kier molecular flexibility index (Phi) is 3.77. The molecule has 0 bridgehead atoms. The number of aryl methyl sites for hydroxylation is 1. The van der Waals surface area contributed by atoms with Crippen LogP contribution in [0.2, 0.25) is 0 Å². The molecule has 0 atom stereocenters. The molecular weight excluding hydrogens is 206 g/mol. The number of carbonyl (C=O) groups is 1. The maximum atomic E-state index is 10.5. The highest BCUT2D eigenvalue weighted by atomic mass is 16.5. The smallest absolute Gasteiger partial charge is 0.322 e. The Morgan fingerprint density at radius 2 is 2.00 bits per heavy atom. The summed E-state index contributed by atoms with van der Waals surface area (Å²) in [4.78, 5) is 10.5. The van der Waals surface area contributed by atoms with Gasteiger partial charge in [-0.2, -0.15) is 0 Å². The van der Waals surface area contributed by atoms with Gasteiger partial charge in [0, 0.05) is 5.69 Å². The van der Waals surface area contributed by atoms with Crippen LogP contribution in [0.25, 0.3) is 0 Å². The van der Waals surface area contributed by atoms with E-state index in [1.807, 2.05) is 26.8 Å². The van der Waals surface area contributed by atoms with Crippen molar-refractivity contribution in [3.8, 4) is 5.75 Å². The number of rotatable bonds is 4. The summed E-state index contributed by atoms with van der Waals surface area (Å²) in [7, 11) is 1.63. The van der Waals surface area contributed by atoms with E-state index in [0.29, 0.717) is 0 Å². The molecule has 0 aliphatic rings. The molecule has 0 aromatic heterocycles. The zero-order valence-corrected chi connectivity index (χ0v) is 10.0. The lowest BCUT2D eigenvalue weighted by atomic mass is 10.0. The summed E-state index contributed by atoms with van der Waals surface area (Å²) in [6, 6.07) is 1.91. The van der Waals surface area contributed by atoms with Crippen LogP contribution < -0.4 is 10.1 Å². The Labute approximate surface area is 95.2 Å². The lowest BCUT2D eigenvalue weighted by Gasteiger charge is -2.16. The third-order valence-corrected chi connectivity index (χ3v) is 2.69. The first-order valence-electron chi connectivity index (χ1n) is 5.07. The predicted molar refractivity (Wildman–Crippen MR) is 63.3 cm³/mol. The molecule has 16 heavy (non-hydrogen) atoms. The predicted octanol–water partition coefficient (Wildman–Crippen LogP) is 2.12. The van der Waals surface area contributed by atoms with Crippen LogP contribution in [0.4, 0.5) is 5.69 Å². The van der Waals surface area contributed by atoms with Crippen LogP contribution in [0.15, 0.2) is 6.07 Å². The molecule has 2 N–H and O–H groups in total. The number of benzene rings is 1. The Bertz CT molecular complexity index is 413. The van der Waals surface area contributed by atoms with E-state index in [-0.39, 0.29) is 6.54 Å². The Morgan fingerprint density at radius 3 is 2.50 bits per heavy atom. The van der Waals surface area contributed by atoms with Crippen molar-refractivity contribution in [1.29, 1.82) is 0 Å². The Balaban J connectivity index is 3.10. The fourth-order valence-electron chi connectivity index (χ4n) is 1.69. The number of methoxy groups -OCH3 is 1. The molecule has 0 amide bonds. The molecule has 1 aromatic carbocycles. The summed E-state index contributed by atoms with van der Waals surface area (Å²) in [6.07, 6.45) is 0. The second kappa shape index (κ2) is 4.88. The molecule has 0 spiro atoms. The largest absolute Gasteiger partial charge is 0.496 e. The van der Waals surface area contributed by atoms with Gasteiger partial charge in [0.2, 0.25) is 0 Å². The van der Waals surface area contributed by atoms with Gasteiger partial charge in [0.1, 0.15) is 12.3 Å². The number of nitrogens with one attached hydrogen (secondary N) is 1. The van der Waals surface area contributed by atoms with Crippen molar-refractivity contribution in [1.82, 2.24) is 0 Å². The van der Waals surface area contributed by atoms with E-state index >= 15 is 0 Å². The molecule has 0 saturated carbocycles. The third-order valence-electron chi connectivity index (χ3n) is 2.69. The third kappa shape index (κ3) is 2.45. The van der Waals surface area contributed by atoms with Gasteiger partial charge < -0.3 is 15.2 Å². The van der Waals surface area contributed by atoms with Crippen molar-refractivity contribution < 1.29 is 14.6 Å². The van der Waals surface area contributed by atoms with E-state index in [4.69, 9.17) is 9.84 Å². The van der Waals surface area contributed by atoms with E-state index in [2.05, 4.69) is 5.32 Å². The van der Waals surface area contributed by atoms with Gasteiger partial charge in [0.15, 0.2) is 0 Å². The monoisotopic (exact) mass is 223 g/mol. The summed E-state index contributed by atoms with van der Waals surface area (Å²) in [5.41, 5.74) is 3.92. The van der Waals surface area contributed by atoms with Gasteiger partial charge in [0.25, 0.3) is 0 Å². The molecule has 1 rings (SSSR count). The van der Waals surface area contributed by atoms with Crippen LogP contribution in [-0.2, 0) is 4.79 Å².